The Morgan fingerprint density at radius 3 is 2.93 bits per heavy atom. The van der Waals surface area contributed by atoms with E-state index in [0.29, 0.717) is 12.2 Å². The largest absolute Gasteiger partial charge is 0.456 e. The van der Waals surface area contributed by atoms with E-state index in [1.165, 1.54) is 0 Å². The third-order valence-corrected chi connectivity index (χ3v) is 5.78. The molecule has 1 unspecified atom stereocenters. The molecular weight excluding hydrogens is 370 g/mol. The highest BCUT2D eigenvalue weighted by atomic mass is 16.5. The summed E-state index contributed by atoms with van der Waals surface area (Å²) < 4.78 is 13.2. The summed E-state index contributed by atoms with van der Waals surface area (Å²) in [4.78, 5) is 15.0. The summed E-state index contributed by atoms with van der Waals surface area (Å²) in [6.45, 7) is 7.50. The Morgan fingerprint density at radius 1 is 1.31 bits per heavy atom. The molecule has 3 aromatic rings. The van der Waals surface area contributed by atoms with Crippen molar-refractivity contribution >= 4 is 5.91 Å². The summed E-state index contributed by atoms with van der Waals surface area (Å²) in [6, 6.07) is 3.85. The van der Waals surface area contributed by atoms with Gasteiger partial charge in [0.15, 0.2) is 5.76 Å². The topological polar surface area (TPSA) is 90.2 Å². The second kappa shape index (κ2) is 8.23. The van der Waals surface area contributed by atoms with Gasteiger partial charge in [0.2, 0.25) is 0 Å². The van der Waals surface area contributed by atoms with Crippen molar-refractivity contribution in [2.75, 3.05) is 6.54 Å². The van der Waals surface area contributed by atoms with Crippen molar-refractivity contribution in [3.63, 3.8) is 0 Å². The lowest BCUT2D eigenvalue weighted by Crippen LogP contribution is -2.35. The van der Waals surface area contributed by atoms with Gasteiger partial charge in [-0.05, 0) is 52.2 Å². The van der Waals surface area contributed by atoms with E-state index in [-0.39, 0.29) is 11.9 Å². The number of hydrogen-bond acceptors (Lipinski definition) is 6. The van der Waals surface area contributed by atoms with Gasteiger partial charge in [0, 0.05) is 37.5 Å². The first-order valence-electron chi connectivity index (χ1n) is 10.2. The van der Waals surface area contributed by atoms with E-state index in [9.17, 15) is 4.79 Å². The Kier molecular flexibility index (Phi) is 5.51. The Hall–Kier alpha value is -2.90. The van der Waals surface area contributed by atoms with Crippen LogP contribution in [0, 0.1) is 13.8 Å². The van der Waals surface area contributed by atoms with Crippen LogP contribution in [-0.2, 0) is 19.4 Å². The Bertz CT molecular complexity index is 967. The lowest BCUT2D eigenvalue weighted by molar-refractivity contribution is 0.0696. The van der Waals surface area contributed by atoms with Gasteiger partial charge < -0.3 is 18.4 Å². The van der Waals surface area contributed by atoms with Gasteiger partial charge in [-0.3, -0.25) is 4.79 Å². The Morgan fingerprint density at radius 2 is 2.17 bits per heavy atom. The number of carbonyl (C=O) groups excluding carboxylic acids is 1. The van der Waals surface area contributed by atoms with Crippen LogP contribution in [0.15, 0.2) is 27.4 Å². The molecule has 0 spiro atoms. The number of carbonyl (C=O) groups is 1. The maximum Gasteiger partial charge on any atom is 0.289 e. The van der Waals surface area contributed by atoms with E-state index in [0.717, 1.165) is 67.4 Å². The van der Waals surface area contributed by atoms with Crippen molar-refractivity contribution in [2.45, 2.75) is 65.5 Å². The highest BCUT2D eigenvalue weighted by Crippen LogP contribution is 2.25. The predicted octanol–water partition coefficient (Wildman–Crippen LogP) is 3.32. The molecule has 29 heavy (non-hydrogen) atoms. The van der Waals surface area contributed by atoms with Crippen LogP contribution >= 0.6 is 0 Å². The fourth-order valence-electron chi connectivity index (χ4n) is 4.09. The molecule has 154 valence electrons. The lowest BCUT2D eigenvalue weighted by atomic mass is 10.1. The fourth-order valence-corrected chi connectivity index (χ4v) is 4.09. The molecule has 1 aliphatic rings. The summed E-state index contributed by atoms with van der Waals surface area (Å²) >= 11 is 0. The maximum absolute atomic E-state index is 13.1. The van der Waals surface area contributed by atoms with Crippen LogP contribution in [-0.4, -0.2) is 43.3 Å². The van der Waals surface area contributed by atoms with Crippen molar-refractivity contribution in [3.05, 3.63) is 52.8 Å². The molecule has 1 fully saturated rings. The minimum atomic E-state index is -0.0329. The van der Waals surface area contributed by atoms with Crippen LogP contribution in [0.5, 0.6) is 0 Å². The molecule has 1 saturated heterocycles. The SMILES string of the molecule is CCn1cnnc1CCC1CCCN1C(=O)c1ccc(Cc2c(C)noc2C)o1. The molecule has 3 aromatic heterocycles. The molecule has 1 aliphatic heterocycles. The summed E-state index contributed by atoms with van der Waals surface area (Å²) in [5.74, 6) is 2.87. The van der Waals surface area contributed by atoms with Gasteiger partial charge in [0.1, 0.15) is 23.7 Å². The first-order chi connectivity index (χ1) is 14.1. The number of rotatable bonds is 7. The number of aryl methyl sites for hydroxylation is 4. The average molecular weight is 397 g/mol. The molecular formula is C21H27N5O3. The quantitative estimate of drug-likeness (QED) is 0.607. The smallest absolute Gasteiger partial charge is 0.289 e. The van der Waals surface area contributed by atoms with Gasteiger partial charge in [-0.15, -0.1) is 10.2 Å². The molecule has 4 rings (SSSR count). The molecule has 0 bridgehead atoms. The van der Waals surface area contributed by atoms with E-state index < -0.39 is 0 Å². The molecule has 4 heterocycles. The third kappa shape index (κ3) is 3.97. The van der Waals surface area contributed by atoms with Crippen molar-refractivity contribution in [1.82, 2.24) is 24.8 Å². The van der Waals surface area contributed by atoms with E-state index >= 15 is 0 Å². The van der Waals surface area contributed by atoms with Crippen LogP contribution in [0.4, 0.5) is 0 Å². The number of nitrogens with zero attached hydrogens (tertiary/aromatic N) is 5. The predicted molar refractivity (Wildman–Crippen MR) is 106 cm³/mol. The molecule has 8 nitrogen and oxygen atoms in total. The first kappa shape index (κ1) is 19.4. The zero-order valence-corrected chi connectivity index (χ0v) is 17.2. The van der Waals surface area contributed by atoms with Crippen LogP contribution < -0.4 is 0 Å². The minimum absolute atomic E-state index is 0.0329. The zero-order chi connectivity index (χ0) is 20.4. The van der Waals surface area contributed by atoms with Gasteiger partial charge in [-0.1, -0.05) is 5.16 Å². The Labute approximate surface area is 169 Å². The van der Waals surface area contributed by atoms with Crippen molar-refractivity contribution in [3.8, 4) is 0 Å². The molecule has 1 amide bonds. The molecule has 0 radical (unpaired) electrons. The highest BCUT2D eigenvalue weighted by molar-refractivity contribution is 5.92. The van der Waals surface area contributed by atoms with Crippen molar-refractivity contribution in [2.24, 2.45) is 0 Å². The van der Waals surface area contributed by atoms with E-state index in [2.05, 4.69) is 26.8 Å². The Balaban J connectivity index is 1.41. The van der Waals surface area contributed by atoms with E-state index in [1.54, 1.807) is 12.4 Å². The van der Waals surface area contributed by atoms with E-state index in [1.807, 2.05) is 24.8 Å². The molecule has 0 saturated carbocycles. The minimum Gasteiger partial charge on any atom is -0.456 e. The second-order valence-corrected chi connectivity index (χ2v) is 7.61. The molecule has 0 N–H and O–H groups in total. The van der Waals surface area contributed by atoms with Gasteiger partial charge in [-0.25, -0.2) is 0 Å². The van der Waals surface area contributed by atoms with Crippen molar-refractivity contribution in [1.29, 1.82) is 0 Å². The average Bonchev–Trinajstić information content (AvgIpc) is 3.50. The fraction of sp³-hybridized carbons (Fsp3) is 0.524. The maximum atomic E-state index is 13.1. The number of amides is 1. The highest BCUT2D eigenvalue weighted by Gasteiger charge is 2.31. The molecule has 0 aromatic carbocycles. The van der Waals surface area contributed by atoms with Crippen LogP contribution in [0.1, 0.15) is 65.3 Å². The first-order valence-corrected chi connectivity index (χ1v) is 10.2. The van der Waals surface area contributed by atoms with Gasteiger partial charge in [-0.2, -0.15) is 0 Å². The van der Waals surface area contributed by atoms with Gasteiger partial charge in [0.25, 0.3) is 5.91 Å². The van der Waals surface area contributed by atoms with Crippen LogP contribution in [0.2, 0.25) is 0 Å². The molecule has 8 heteroatoms. The normalized spacial score (nSPS) is 16.7. The van der Waals surface area contributed by atoms with E-state index in [4.69, 9.17) is 8.94 Å². The number of hydrogen-bond donors (Lipinski definition) is 0. The summed E-state index contributed by atoms with van der Waals surface area (Å²) in [6.07, 6.45) is 6.07. The zero-order valence-electron chi connectivity index (χ0n) is 17.2. The number of likely N-dealkylation sites (tertiary alicyclic amines) is 1. The second-order valence-electron chi connectivity index (χ2n) is 7.61. The monoisotopic (exact) mass is 397 g/mol. The lowest BCUT2D eigenvalue weighted by Gasteiger charge is -2.23. The summed E-state index contributed by atoms with van der Waals surface area (Å²) in [7, 11) is 0. The standard InChI is InChI=1S/C21H27N5O3/c1-4-25-13-22-23-20(25)10-7-16-6-5-11-26(16)21(27)19-9-8-17(28-19)12-18-14(2)24-29-15(18)3/h8-9,13,16H,4-7,10-12H2,1-3H3. The van der Waals surface area contributed by atoms with Gasteiger partial charge in [0.05, 0.1) is 5.69 Å². The molecule has 0 aliphatic carbocycles. The summed E-state index contributed by atoms with van der Waals surface area (Å²) in [5, 5.41) is 12.2. The molecule has 1 atom stereocenters. The van der Waals surface area contributed by atoms with Crippen LogP contribution in [0.25, 0.3) is 0 Å². The third-order valence-electron chi connectivity index (χ3n) is 5.78. The van der Waals surface area contributed by atoms with Gasteiger partial charge >= 0.3 is 0 Å². The van der Waals surface area contributed by atoms with Crippen molar-refractivity contribution < 1.29 is 13.7 Å². The number of aromatic nitrogens is 4. The number of furan rings is 1. The summed E-state index contributed by atoms with van der Waals surface area (Å²) in [5.41, 5.74) is 1.86. The van der Waals surface area contributed by atoms with Crippen LogP contribution in [0.3, 0.4) is 0 Å².